The van der Waals surface area contributed by atoms with E-state index in [-0.39, 0.29) is 23.5 Å². The third-order valence-corrected chi connectivity index (χ3v) is 6.01. The normalized spacial score (nSPS) is 19.9. The number of anilines is 1. The molecule has 0 radical (unpaired) electrons. The number of hydrogen-bond acceptors (Lipinski definition) is 4. The largest absolute Gasteiger partial charge is 0.449 e. The lowest BCUT2D eigenvalue weighted by atomic mass is 9.89. The standard InChI is InChI=1S/C28H39NO4/c1-3-4-13-22(2)26(30)19-17-23-18-20-27(31)25(23)16-11-6-5-7-12-21-33-28(32)29-24-14-9-8-10-15-24/h6,8-11,14-15,17-20,22-23,25-26,30H,3-5,7,12-13,16,21H2,1-2H3,(H,29,32)/b11-6-,19-17+/t22?,23-,25+,26+/m0/s1. The van der Waals surface area contributed by atoms with Crippen molar-refractivity contribution < 1.29 is 19.4 Å². The summed E-state index contributed by atoms with van der Waals surface area (Å²) in [6.45, 7) is 4.60. The zero-order valence-corrected chi connectivity index (χ0v) is 20.0. The van der Waals surface area contributed by atoms with Crippen molar-refractivity contribution in [3.63, 3.8) is 0 Å². The van der Waals surface area contributed by atoms with Gasteiger partial charge in [-0.2, -0.15) is 0 Å². The van der Waals surface area contributed by atoms with Crippen molar-refractivity contribution in [1.82, 2.24) is 0 Å². The number of carbonyl (C=O) groups excluding carboxylic acids is 2. The molecule has 180 valence electrons. The molecule has 0 bridgehead atoms. The fourth-order valence-electron chi connectivity index (χ4n) is 3.82. The molecule has 1 aliphatic carbocycles. The van der Waals surface area contributed by atoms with Crippen LogP contribution in [0.5, 0.6) is 0 Å². The summed E-state index contributed by atoms with van der Waals surface area (Å²) in [7, 11) is 0. The minimum Gasteiger partial charge on any atom is -0.449 e. The van der Waals surface area contributed by atoms with Gasteiger partial charge in [-0.15, -0.1) is 0 Å². The molecular formula is C28H39NO4. The SMILES string of the molecule is CCCCC(C)[C@H](O)/C=C/[C@H]1C=CC(=O)[C@@H]1C/C=C\CCCCOC(=O)Nc1ccccc1. The molecule has 0 fully saturated rings. The molecule has 0 heterocycles. The van der Waals surface area contributed by atoms with E-state index < -0.39 is 12.2 Å². The van der Waals surface area contributed by atoms with Crippen LogP contribution < -0.4 is 5.32 Å². The van der Waals surface area contributed by atoms with Crippen molar-refractivity contribution in [2.24, 2.45) is 17.8 Å². The molecular weight excluding hydrogens is 414 g/mol. The lowest BCUT2D eigenvalue weighted by Gasteiger charge is -2.17. The molecule has 0 aromatic heterocycles. The van der Waals surface area contributed by atoms with Crippen LogP contribution in [0.15, 0.2) is 66.8 Å². The van der Waals surface area contributed by atoms with E-state index in [1.165, 1.54) is 0 Å². The number of aliphatic hydroxyl groups is 1. The Balaban J connectivity index is 1.62. The zero-order chi connectivity index (χ0) is 23.9. The molecule has 4 atom stereocenters. The lowest BCUT2D eigenvalue weighted by Crippen LogP contribution is -2.17. The van der Waals surface area contributed by atoms with Gasteiger partial charge in [-0.3, -0.25) is 10.1 Å². The Bertz CT molecular complexity index is 799. The van der Waals surface area contributed by atoms with Gasteiger partial charge in [-0.25, -0.2) is 4.79 Å². The molecule has 1 aliphatic rings. The fraction of sp³-hybridized carbons (Fsp3) is 0.500. The minimum absolute atomic E-state index is 0.0479. The van der Waals surface area contributed by atoms with Gasteiger partial charge in [0.05, 0.1) is 12.7 Å². The van der Waals surface area contributed by atoms with Gasteiger partial charge >= 0.3 is 6.09 Å². The summed E-state index contributed by atoms with van der Waals surface area (Å²) in [5.74, 6) is 0.349. The molecule has 0 aliphatic heterocycles. The molecule has 2 rings (SSSR count). The second-order valence-electron chi connectivity index (χ2n) is 8.77. The maximum atomic E-state index is 12.2. The van der Waals surface area contributed by atoms with Gasteiger partial charge in [0.2, 0.25) is 0 Å². The quantitative estimate of drug-likeness (QED) is 0.250. The van der Waals surface area contributed by atoms with Crippen molar-refractivity contribution in [2.45, 2.75) is 64.9 Å². The molecule has 0 saturated heterocycles. The van der Waals surface area contributed by atoms with Crippen molar-refractivity contribution in [2.75, 3.05) is 11.9 Å². The number of allylic oxidation sites excluding steroid dienone is 5. The first-order chi connectivity index (χ1) is 16.0. The summed E-state index contributed by atoms with van der Waals surface area (Å²) in [4.78, 5) is 24.0. The van der Waals surface area contributed by atoms with Crippen LogP contribution in [0, 0.1) is 17.8 Å². The lowest BCUT2D eigenvalue weighted by molar-refractivity contribution is -0.117. The number of ketones is 1. The topological polar surface area (TPSA) is 75.6 Å². The van der Waals surface area contributed by atoms with E-state index in [1.54, 1.807) is 6.08 Å². The minimum atomic E-state index is -0.464. The number of unbranched alkanes of at least 4 members (excludes halogenated alkanes) is 3. The van der Waals surface area contributed by atoms with Crippen LogP contribution >= 0.6 is 0 Å². The van der Waals surface area contributed by atoms with Crippen LogP contribution in [0.1, 0.15) is 58.8 Å². The molecule has 0 saturated carbocycles. The van der Waals surface area contributed by atoms with Crippen molar-refractivity contribution in [3.05, 3.63) is 66.8 Å². The van der Waals surface area contributed by atoms with Crippen LogP contribution in [0.2, 0.25) is 0 Å². The van der Waals surface area contributed by atoms with Gasteiger partial charge < -0.3 is 9.84 Å². The highest BCUT2D eigenvalue weighted by molar-refractivity contribution is 5.95. The summed E-state index contributed by atoms with van der Waals surface area (Å²) in [6.07, 6.45) is 17.3. The first kappa shape index (κ1) is 26.6. The van der Waals surface area contributed by atoms with E-state index in [2.05, 4.69) is 31.3 Å². The highest BCUT2D eigenvalue weighted by Crippen LogP contribution is 2.28. The third-order valence-electron chi connectivity index (χ3n) is 6.01. The number of amides is 1. The predicted molar refractivity (Wildman–Crippen MR) is 134 cm³/mol. The monoisotopic (exact) mass is 453 g/mol. The second-order valence-corrected chi connectivity index (χ2v) is 8.77. The van der Waals surface area contributed by atoms with Gasteiger partial charge in [0, 0.05) is 17.5 Å². The Morgan fingerprint density at radius 3 is 2.73 bits per heavy atom. The molecule has 33 heavy (non-hydrogen) atoms. The van der Waals surface area contributed by atoms with Crippen LogP contribution in [0.4, 0.5) is 10.5 Å². The summed E-state index contributed by atoms with van der Waals surface area (Å²) in [5.41, 5.74) is 0.718. The van der Waals surface area contributed by atoms with E-state index in [4.69, 9.17) is 4.74 Å². The number of nitrogens with one attached hydrogen (secondary N) is 1. The Morgan fingerprint density at radius 2 is 1.97 bits per heavy atom. The number of benzene rings is 1. The van der Waals surface area contributed by atoms with E-state index >= 15 is 0 Å². The van der Waals surface area contributed by atoms with Gasteiger partial charge in [0.1, 0.15) is 0 Å². The van der Waals surface area contributed by atoms with Gasteiger partial charge in [0.25, 0.3) is 0 Å². The highest BCUT2D eigenvalue weighted by atomic mass is 16.5. The predicted octanol–water partition coefficient (Wildman–Crippen LogP) is 6.47. The maximum absolute atomic E-state index is 12.2. The summed E-state index contributed by atoms with van der Waals surface area (Å²) >= 11 is 0. The van der Waals surface area contributed by atoms with Gasteiger partial charge in [-0.1, -0.05) is 75.3 Å². The Hall–Kier alpha value is -2.66. The van der Waals surface area contributed by atoms with Crippen LogP contribution in [-0.4, -0.2) is 29.7 Å². The Kier molecular flexibility index (Phi) is 12.3. The van der Waals surface area contributed by atoms with Crippen LogP contribution in [0.25, 0.3) is 0 Å². The van der Waals surface area contributed by atoms with E-state index in [1.807, 2.05) is 48.6 Å². The average molecular weight is 454 g/mol. The third kappa shape index (κ3) is 10.2. The second kappa shape index (κ2) is 15.2. The van der Waals surface area contributed by atoms with Crippen LogP contribution in [0.3, 0.4) is 0 Å². The van der Waals surface area contributed by atoms with Gasteiger partial charge in [-0.05, 0) is 56.2 Å². The van der Waals surface area contributed by atoms with Crippen molar-refractivity contribution in [3.8, 4) is 0 Å². The number of para-hydroxylation sites is 1. The number of ether oxygens (including phenoxy) is 1. The molecule has 5 heteroatoms. The van der Waals surface area contributed by atoms with Crippen LogP contribution in [-0.2, 0) is 9.53 Å². The molecule has 1 aromatic carbocycles. The number of rotatable bonds is 14. The van der Waals surface area contributed by atoms with Crippen molar-refractivity contribution in [1.29, 1.82) is 0 Å². The maximum Gasteiger partial charge on any atom is 0.411 e. The molecule has 5 nitrogen and oxygen atoms in total. The average Bonchev–Trinajstić information content (AvgIpc) is 3.17. The highest BCUT2D eigenvalue weighted by Gasteiger charge is 2.27. The molecule has 1 aromatic rings. The molecule has 0 spiro atoms. The fourth-order valence-corrected chi connectivity index (χ4v) is 3.82. The first-order valence-corrected chi connectivity index (χ1v) is 12.2. The number of carbonyl (C=O) groups is 2. The molecule has 1 unspecified atom stereocenters. The summed E-state index contributed by atoms with van der Waals surface area (Å²) < 4.78 is 5.19. The molecule has 2 N–H and O–H groups in total. The first-order valence-electron chi connectivity index (χ1n) is 12.2. The summed E-state index contributed by atoms with van der Waals surface area (Å²) in [6, 6.07) is 9.23. The molecule has 1 amide bonds. The van der Waals surface area contributed by atoms with Crippen molar-refractivity contribution >= 4 is 17.6 Å². The number of hydrogen-bond donors (Lipinski definition) is 2. The smallest absolute Gasteiger partial charge is 0.411 e. The zero-order valence-electron chi connectivity index (χ0n) is 20.0. The van der Waals surface area contributed by atoms with Gasteiger partial charge in [0.15, 0.2) is 5.78 Å². The van der Waals surface area contributed by atoms with E-state index in [0.29, 0.717) is 13.0 Å². The summed E-state index contributed by atoms with van der Waals surface area (Å²) in [5, 5.41) is 13.0. The number of aliphatic hydroxyl groups excluding tert-OH is 1. The van der Waals surface area contributed by atoms with E-state index in [0.717, 1.165) is 44.2 Å². The van der Waals surface area contributed by atoms with E-state index in [9.17, 15) is 14.7 Å². The Morgan fingerprint density at radius 1 is 1.18 bits per heavy atom. The Labute approximate surface area is 198 Å².